The van der Waals surface area contributed by atoms with Crippen molar-refractivity contribution in [3.8, 4) is 0 Å². The zero-order valence-corrected chi connectivity index (χ0v) is 13.4. The molecule has 1 N–H and O–H groups in total. The summed E-state index contributed by atoms with van der Waals surface area (Å²) in [5.74, 6) is -0.153. The molecule has 0 aliphatic heterocycles. The summed E-state index contributed by atoms with van der Waals surface area (Å²) in [6.07, 6.45) is -0.503. The largest absolute Gasteiger partial charge is 0.388 e. The van der Waals surface area contributed by atoms with Crippen LogP contribution in [-0.2, 0) is 9.84 Å². The zero-order chi connectivity index (χ0) is 16.2. The summed E-state index contributed by atoms with van der Waals surface area (Å²) >= 11 is 0. The molecule has 2 aromatic carbocycles. The first-order chi connectivity index (χ1) is 10.4. The average molecular weight is 316 g/mol. The van der Waals surface area contributed by atoms with Crippen LogP contribution in [0.2, 0.25) is 0 Å². The fourth-order valence-corrected chi connectivity index (χ4v) is 3.60. The Hall–Kier alpha value is -1.91. The van der Waals surface area contributed by atoms with Gasteiger partial charge in [0, 0.05) is 0 Å². The number of sulfone groups is 1. The van der Waals surface area contributed by atoms with Crippen LogP contribution in [0.4, 0.5) is 0 Å². The van der Waals surface area contributed by atoms with Gasteiger partial charge in [0.1, 0.15) is 0 Å². The Kier molecular flexibility index (Phi) is 5.16. The number of rotatable bonds is 6. The first kappa shape index (κ1) is 16.5. The van der Waals surface area contributed by atoms with Crippen LogP contribution in [0.15, 0.2) is 71.6 Å². The third kappa shape index (κ3) is 4.29. The quantitative estimate of drug-likeness (QED) is 0.831. The minimum atomic E-state index is -3.41. The normalized spacial score (nSPS) is 12.8. The van der Waals surface area contributed by atoms with Gasteiger partial charge in [0.05, 0.1) is 16.8 Å². The van der Waals surface area contributed by atoms with E-state index < -0.39 is 15.9 Å². The molecule has 1 atom stereocenters. The van der Waals surface area contributed by atoms with Crippen molar-refractivity contribution in [1.82, 2.24) is 0 Å². The molecule has 0 saturated heterocycles. The Balaban J connectivity index is 2.03. The maximum absolute atomic E-state index is 12.3. The van der Waals surface area contributed by atoms with Gasteiger partial charge in [-0.3, -0.25) is 0 Å². The molecule has 1 unspecified atom stereocenters. The van der Waals surface area contributed by atoms with E-state index >= 15 is 0 Å². The van der Waals surface area contributed by atoms with Crippen molar-refractivity contribution >= 4 is 9.84 Å². The van der Waals surface area contributed by atoms with Crippen LogP contribution in [0, 0.1) is 6.92 Å². The molecule has 3 nitrogen and oxygen atoms in total. The van der Waals surface area contributed by atoms with Crippen LogP contribution >= 0.6 is 0 Å². The van der Waals surface area contributed by atoms with E-state index in [-0.39, 0.29) is 17.1 Å². The van der Waals surface area contributed by atoms with Crippen molar-refractivity contribution in [2.24, 2.45) is 0 Å². The summed E-state index contributed by atoms with van der Waals surface area (Å²) in [6.45, 7) is 5.72. The van der Waals surface area contributed by atoms with E-state index in [1.54, 1.807) is 24.3 Å². The van der Waals surface area contributed by atoms with E-state index in [0.29, 0.717) is 5.57 Å². The lowest BCUT2D eigenvalue weighted by molar-refractivity contribution is 0.178. The second kappa shape index (κ2) is 6.90. The molecular weight excluding hydrogens is 296 g/mol. The summed E-state index contributed by atoms with van der Waals surface area (Å²) < 4.78 is 24.7. The molecule has 0 spiro atoms. The monoisotopic (exact) mass is 316 g/mol. The summed E-state index contributed by atoms with van der Waals surface area (Å²) in [5.41, 5.74) is 2.27. The highest BCUT2D eigenvalue weighted by Gasteiger charge is 2.18. The number of aliphatic hydroxyl groups excluding tert-OH is 1. The minimum Gasteiger partial charge on any atom is -0.388 e. The first-order valence-electron chi connectivity index (χ1n) is 7.07. The van der Waals surface area contributed by atoms with Crippen molar-refractivity contribution in [2.75, 3.05) is 5.75 Å². The number of benzene rings is 2. The molecule has 0 aliphatic rings. The number of aryl methyl sites for hydroxylation is 1. The van der Waals surface area contributed by atoms with E-state index in [1.807, 2.05) is 37.3 Å². The zero-order valence-electron chi connectivity index (χ0n) is 12.6. The standard InChI is InChI=1S/C18H20O3S/c1-14-8-10-17(11-9-14)22(20,21)13-15(2)12-18(19)16-6-4-3-5-7-16/h3-11,18-19H,2,12-13H2,1H3. The third-order valence-corrected chi connectivity index (χ3v) is 5.22. The van der Waals surface area contributed by atoms with E-state index in [4.69, 9.17) is 0 Å². The van der Waals surface area contributed by atoms with E-state index in [0.717, 1.165) is 11.1 Å². The molecule has 2 rings (SSSR count). The predicted molar refractivity (Wildman–Crippen MR) is 88.4 cm³/mol. The second-order valence-corrected chi connectivity index (χ2v) is 7.44. The molecule has 0 radical (unpaired) electrons. The second-order valence-electron chi connectivity index (χ2n) is 5.45. The van der Waals surface area contributed by atoms with Gasteiger partial charge in [0.2, 0.25) is 0 Å². The van der Waals surface area contributed by atoms with Crippen molar-refractivity contribution in [2.45, 2.75) is 24.3 Å². The predicted octanol–water partition coefficient (Wildman–Crippen LogP) is 3.45. The topological polar surface area (TPSA) is 54.4 Å². The molecule has 0 aromatic heterocycles. The lowest BCUT2D eigenvalue weighted by Gasteiger charge is -2.13. The fraction of sp³-hybridized carbons (Fsp3) is 0.222. The summed E-state index contributed by atoms with van der Waals surface area (Å²) in [4.78, 5) is 0.286. The molecule has 0 aliphatic carbocycles. The highest BCUT2D eigenvalue weighted by molar-refractivity contribution is 7.91. The maximum Gasteiger partial charge on any atom is 0.182 e. The van der Waals surface area contributed by atoms with Crippen molar-refractivity contribution < 1.29 is 13.5 Å². The molecule has 0 bridgehead atoms. The average Bonchev–Trinajstić information content (AvgIpc) is 2.48. The smallest absolute Gasteiger partial charge is 0.182 e. The lowest BCUT2D eigenvalue weighted by atomic mass is 10.0. The van der Waals surface area contributed by atoms with Gasteiger partial charge in [-0.1, -0.05) is 60.2 Å². The molecule has 2 aromatic rings. The van der Waals surface area contributed by atoms with Crippen LogP contribution < -0.4 is 0 Å². The van der Waals surface area contributed by atoms with Crippen LogP contribution in [0.5, 0.6) is 0 Å². The van der Waals surface area contributed by atoms with Crippen molar-refractivity contribution in [3.63, 3.8) is 0 Å². The van der Waals surface area contributed by atoms with E-state index in [2.05, 4.69) is 6.58 Å². The highest BCUT2D eigenvalue weighted by atomic mass is 32.2. The van der Waals surface area contributed by atoms with Gasteiger partial charge in [0.15, 0.2) is 9.84 Å². The fourth-order valence-electron chi connectivity index (χ4n) is 2.22. The molecule has 4 heteroatoms. The summed E-state index contributed by atoms with van der Waals surface area (Å²) in [7, 11) is -3.41. The Morgan fingerprint density at radius 2 is 1.68 bits per heavy atom. The Morgan fingerprint density at radius 1 is 1.09 bits per heavy atom. The molecule has 0 amide bonds. The van der Waals surface area contributed by atoms with Gasteiger partial charge in [0.25, 0.3) is 0 Å². The first-order valence-corrected chi connectivity index (χ1v) is 8.73. The van der Waals surface area contributed by atoms with Gasteiger partial charge in [-0.05, 0) is 31.0 Å². The van der Waals surface area contributed by atoms with E-state index in [1.165, 1.54) is 0 Å². The number of aliphatic hydroxyl groups is 1. The van der Waals surface area contributed by atoms with Gasteiger partial charge >= 0.3 is 0 Å². The van der Waals surface area contributed by atoms with Crippen LogP contribution in [-0.4, -0.2) is 19.3 Å². The van der Waals surface area contributed by atoms with Crippen LogP contribution in [0.25, 0.3) is 0 Å². The van der Waals surface area contributed by atoms with Crippen molar-refractivity contribution in [3.05, 3.63) is 77.9 Å². The molecule has 22 heavy (non-hydrogen) atoms. The van der Waals surface area contributed by atoms with Crippen LogP contribution in [0.1, 0.15) is 23.7 Å². The van der Waals surface area contributed by atoms with Crippen LogP contribution in [0.3, 0.4) is 0 Å². The summed E-state index contributed by atoms with van der Waals surface area (Å²) in [5, 5.41) is 10.1. The Bertz CT molecular complexity index is 732. The summed E-state index contributed by atoms with van der Waals surface area (Å²) in [6, 6.07) is 15.9. The van der Waals surface area contributed by atoms with Crippen molar-refractivity contribution in [1.29, 1.82) is 0 Å². The molecule has 0 saturated carbocycles. The lowest BCUT2D eigenvalue weighted by Crippen LogP contribution is -2.11. The molecule has 116 valence electrons. The number of hydrogen-bond donors (Lipinski definition) is 1. The van der Waals surface area contributed by atoms with Gasteiger partial charge in [-0.25, -0.2) is 8.42 Å². The van der Waals surface area contributed by atoms with Gasteiger partial charge in [-0.15, -0.1) is 0 Å². The van der Waals surface area contributed by atoms with Gasteiger partial charge < -0.3 is 5.11 Å². The Labute approximate surface area is 131 Å². The van der Waals surface area contributed by atoms with Gasteiger partial charge in [-0.2, -0.15) is 0 Å². The molecule has 0 fully saturated rings. The third-order valence-electron chi connectivity index (χ3n) is 3.44. The Morgan fingerprint density at radius 3 is 2.27 bits per heavy atom. The maximum atomic E-state index is 12.3. The number of hydrogen-bond acceptors (Lipinski definition) is 3. The minimum absolute atomic E-state index is 0.153. The highest BCUT2D eigenvalue weighted by Crippen LogP contribution is 2.22. The molecule has 0 heterocycles. The molecular formula is C18H20O3S. The van der Waals surface area contributed by atoms with E-state index in [9.17, 15) is 13.5 Å². The SMILES string of the molecule is C=C(CC(O)c1ccccc1)CS(=O)(=O)c1ccc(C)cc1.